The first kappa shape index (κ1) is 11.3. The van der Waals surface area contributed by atoms with E-state index in [4.69, 9.17) is 23.2 Å². The van der Waals surface area contributed by atoms with Gasteiger partial charge in [0, 0.05) is 11.8 Å². The van der Waals surface area contributed by atoms with Gasteiger partial charge in [-0.15, -0.1) is 11.6 Å². The van der Waals surface area contributed by atoms with Crippen molar-refractivity contribution in [2.75, 3.05) is 0 Å². The lowest BCUT2D eigenvalue weighted by atomic mass is 10.1. The average molecular weight is 240 g/mol. The second-order valence-electron chi connectivity index (χ2n) is 2.47. The summed E-state index contributed by atoms with van der Waals surface area (Å²) in [6, 6.07) is 1.00. The summed E-state index contributed by atoms with van der Waals surface area (Å²) in [7, 11) is 0. The van der Waals surface area contributed by atoms with Gasteiger partial charge in [0.2, 0.25) is 0 Å². The van der Waals surface area contributed by atoms with Crippen molar-refractivity contribution in [1.82, 2.24) is 4.98 Å². The smallest absolute Gasteiger partial charge is 0.265 e. The van der Waals surface area contributed by atoms with Crippen LogP contribution in [0.1, 0.15) is 28.0 Å². The highest BCUT2D eigenvalue weighted by Crippen LogP contribution is 2.21. The number of halogens is 4. The highest BCUT2D eigenvalue weighted by atomic mass is 35.5. The molecule has 0 aliphatic rings. The van der Waals surface area contributed by atoms with E-state index in [-0.39, 0.29) is 22.7 Å². The predicted octanol–water partition coefficient (Wildman–Crippen LogP) is 3.14. The Bertz CT molecular complexity index is 357. The third kappa shape index (κ3) is 2.39. The standard InChI is InChI=1S/C8H5Cl2F2NO/c9-2-6-5(7(10)14)1-4(3-13-6)8(11)12/h1,3,8H,2H2. The average Bonchev–Trinajstić information content (AvgIpc) is 2.16. The quantitative estimate of drug-likeness (QED) is 0.600. The van der Waals surface area contributed by atoms with Crippen LogP contribution in [0.15, 0.2) is 12.3 Å². The number of alkyl halides is 3. The minimum atomic E-state index is -2.68. The lowest BCUT2D eigenvalue weighted by molar-refractivity contribution is 0.107. The molecule has 2 nitrogen and oxygen atoms in total. The zero-order valence-corrected chi connectivity index (χ0v) is 8.32. The molecule has 0 aliphatic heterocycles. The lowest BCUT2D eigenvalue weighted by Gasteiger charge is -2.04. The second kappa shape index (κ2) is 4.66. The van der Waals surface area contributed by atoms with Crippen molar-refractivity contribution < 1.29 is 13.6 Å². The summed E-state index contributed by atoms with van der Waals surface area (Å²) >= 11 is 10.6. The monoisotopic (exact) mass is 239 g/mol. The Balaban J connectivity index is 3.21. The van der Waals surface area contributed by atoms with Crippen LogP contribution in [0.2, 0.25) is 0 Å². The Labute approximate surface area is 88.8 Å². The van der Waals surface area contributed by atoms with Gasteiger partial charge in [-0.2, -0.15) is 0 Å². The van der Waals surface area contributed by atoms with Crippen LogP contribution in [-0.4, -0.2) is 10.2 Å². The molecule has 0 atom stereocenters. The lowest BCUT2D eigenvalue weighted by Crippen LogP contribution is -2.01. The Morgan fingerprint density at radius 2 is 2.21 bits per heavy atom. The highest BCUT2D eigenvalue weighted by Gasteiger charge is 2.15. The zero-order valence-electron chi connectivity index (χ0n) is 6.81. The fraction of sp³-hybridized carbons (Fsp3) is 0.250. The van der Waals surface area contributed by atoms with Crippen molar-refractivity contribution in [3.8, 4) is 0 Å². The van der Waals surface area contributed by atoms with Gasteiger partial charge in [-0.05, 0) is 17.7 Å². The van der Waals surface area contributed by atoms with Gasteiger partial charge in [-0.25, -0.2) is 8.78 Å². The first-order valence-corrected chi connectivity index (χ1v) is 4.50. The van der Waals surface area contributed by atoms with Gasteiger partial charge >= 0.3 is 0 Å². The van der Waals surface area contributed by atoms with Crippen LogP contribution in [0.3, 0.4) is 0 Å². The molecule has 1 heterocycles. The van der Waals surface area contributed by atoms with E-state index in [0.29, 0.717) is 0 Å². The third-order valence-electron chi connectivity index (χ3n) is 1.58. The molecule has 6 heteroatoms. The van der Waals surface area contributed by atoms with E-state index in [1.165, 1.54) is 0 Å². The Morgan fingerprint density at radius 1 is 1.57 bits per heavy atom. The molecule has 0 saturated heterocycles. The Morgan fingerprint density at radius 3 is 2.64 bits per heavy atom. The van der Waals surface area contributed by atoms with Crippen molar-refractivity contribution in [1.29, 1.82) is 0 Å². The zero-order chi connectivity index (χ0) is 10.7. The van der Waals surface area contributed by atoms with Crippen molar-refractivity contribution >= 4 is 28.4 Å². The predicted molar refractivity (Wildman–Crippen MR) is 48.9 cm³/mol. The van der Waals surface area contributed by atoms with Crippen molar-refractivity contribution in [2.24, 2.45) is 0 Å². The normalized spacial score (nSPS) is 10.6. The van der Waals surface area contributed by atoms with Gasteiger partial charge in [-0.1, -0.05) is 0 Å². The number of hydrogen-bond donors (Lipinski definition) is 0. The van der Waals surface area contributed by atoms with E-state index in [2.05, 4.69) is 4.98 Å². The van der Waals surface area contributed by atoms with Crippen LogP contribution in [0.5, 0.6) is 0 Å². The van der Waals surface area contributed by atoms with Crippen LogP contribution in [0, 0.1) is 0 Å². The van der Waals surface area contributed by atoms with E-state index in [1.807, 2.05) is 0 Å². The fourth-order valence-corrected chi connectivity index (χ4v) is 1.28. The van der Waals surface area contributed by atoms with Crippen molar-refractivity contribution in [3.63, 3.8) is 0 Å². The largest absolute Gasteiger partial charge is 0.276 e. The molecular weight excluding hydrogens is 235 g/mol. The Hall–Kier alpha value is -0.740. The van der Waals surface area contributed by atoms with Crippen molar-refractivity contribution in [2.45, 2.75) is 12.3 Å². The molecule has 0 N–H and O–H groups in total. The molecule has 0 aliphatic carbocycles. The number of carbonyl (C=O) groups is 1. The summed E-state index contributed by atoms with van der Waals surface area (Å²) in [6.07, 6.45) is -1.70. The van der Waals surface area contributed by atoms with Crippen LogP contribution in [-0.2, 0) is 5.88 Å². The molecule has 0 spiro atoms. The van der Waals surface area contributed by atoms with E-state index in [9.17, 15) is 13.6 Å². The molecule has 0 bridgehead atoms. The number of hydrogen-bond acceptors (Lipinski definition) is 2. The van der Waals surface area contributed by atoms with Gasteiger partial charge in [0.25, 0.3) is 11.7 Å². The maximum atomic E-state index is 12.2. The molecule has 14 heavy (non-hydrogen) atoms. The second-order valence-corrected chi connectivity index (χ2v) is 3.08. The molecule has 1 aromatic rings. The van der Waals surface area contributed by atoms with E-state index in [0.717, 1.165) is 12.3 Å². The van der Waals surface area contributed by atoms with E-state index >= 15 is 0 Å². The number of rotatable bonds is 3. The summed E-state index contributed by atoms with van der Waals surface area (Å²) in [5, 5.41) is -0.837. The molecular formula is C8H5Cl2F2NO. The maximum absolute atomic E-state index is 12.2. The number of nitrogens with zero attached hydrogens (tertiary/aromatic N) is 1. The first-order chi connectivity index (χ1) is 6.56. The summed E-state index contributed by atoms with van der Waals surface area (Å²) in [4.78, 5) is 14.4. The van der Waals surface area contributed by atoms with Gasteiger partial charge in [0.15, 0.2) is 0 Å². The highest BCUT2D eigenvalue weighted by molar-refractivity contribution is 6.67. The summed E-state index contributed by atoms with van der Waals surface area (Å²) < 4.78 is 24.4. The van der Waals surface area contributed by atoms with Gasteiger partial charge in [-0.3, -0.25) is 9.78 Å². The minimum absolute atomic E-state index is 0.0443. The first-order valence-electron chi connectivity index (χ1n) is 3.59. The summed E-state index contributed by atoms with van der Waals surface area (Å²) in [5.41, 5.74) is -0.210. The molecule has 1 aromatic heterocycles. The van der Waals surface area contributed by atoms with Crippen LogP contribution in [0.25, 0.3) is 0 Å². The molecule has 0 aromatic carbocycles. The summed E-state index contributed by atoms with van der Waals surface area (Å²) in [6.45, 7) is 0. The molecule has 1 rings (SSSR count). The minimum Gasteiger partial charge on any atom is -0.276 e. The molecule has 76 valence electrons. The number of carbonyl (C=O) groups excluding carboxylic acids is 1. The Kier molecular flexibility index (Phi) is 3.77. The maximum Gasteiger partial charge on any atom is 0.265 e. The number of aromatic nitrogens is 1. The van der Waals surface area contributed by atoms with Crippen LogP contribution in [0.4, 0.5) is 8.78 Å². The molecule has 0 saturated carbocycles. The molecule has 0 radical (unpaired) electrons. The van der Waals surface area contributed by atoms with Crippen LogP contribution < -0.4 is 0 Å². The van der Waals surface area contributed by atoms with Crippen LogP contribution >= 0.6 is 23.2 Å². The SMILES string of the molecule is O=C(Cl)c1cc(C(F)F)cnc1CCl. The molecule has 0 unspecified atom stereocenters. The fourth-order valence-electron chi connectivity index (χ4n) is 0.905. The molecule has 0 amide bonds. The number of pyridine rings is 1. The third-order valence-corrected chi connectivity index (χ3v) is 2.04. The van der Waals surface area contributed by atoms with Gasteiger partial charge in [0.05, 0.1) is 17.1 Å². The van der Waals surface area contributed by atoms with Gasteiger partial charge < -0.3 is 0 Å². The molecule has 0 fully saturated rings. The summed E-state index contributed by atoms with van der Waals surface area (Å²) in [5.74, 6) is -0.0443. The van der Waals surface area contributed by atoms with E-state index < -0.39 is 11.7 Å². The van der Waals surface area contributed by atoms with E-state index in [1.54, 1.807) is 0 Å². The van der Waals surface area contributed by atoms with Gasteiger partial charge in [0.1, 0.15) is 0 Å². The van der Waals surface area contributed by atoms with Crippen molar-refractivity contribution in [3.05, 3.63) is 29.1 Å². The topological polar surface area (TPSA) is 30.0 Å².